The van der Waals surface area contributed by atoms with Crippen molar-refractivity contribution in [2.45, 2.75) is 19.5 Å². The van der Waals surface area contributed by atoms with Crippen molar-refractivity contribution in [2.24, 2.45) is 4.99 Å². The van der Waals surface area contributed by atoms with Crippen LogP contribution in [0.5, 0.6) is 5.75 Å². The largest absolute Gasteiger partial charge is 0.497 e. The standard InChI is InChI=1S/C20H28N4OS/c1-21-20(23(2)14-16-4-6-18(25-3)7-5-16)22-10-12-24-11-8-19-17(15-24)9-13-26-19/h4-7,9,13H,8,10-12,14-15H2,1-3H3,(H,21,22). The summed E-state index contributed by atoms with van der Waals surface area (Å²) in [5, 5.41) is 5.70. The van der Waals surface area contributed by atoms with Crippen molar-refractivity contribution in [2.75, 3.05) is 40.8 Å². The van der Waals surface area contributed by atoms with E-state index in [1.165, 1.54) is 17.5 Å². The smallest absolute Gasteiger partial charge is 0.193 e. The molecule has 6 heteroatoms. The van der Waals surface area contributed by atoms with Crippen LogP contribution in [0.25, 0.3) is 0 Å². The second-order valence-electron chi connectivity index (χ2n) is 6.57. The Bertz CT molecular complexity index is 726. The third-order valence-electron chi connectivity index (χ3n) is 4.75. The van der Waals surface area contributed by atoms with Gasteiger partial charge in [-0.15, -0.1) is 11.3 Å². The van der Waals surface area contributed by atoms with E-state index in [0.29, 0.717) is 0 Å². The molecule has 5 nitrogen and oxygen atoms in total. The minimum atomic E-state index is 0.811. The highest BCUT2D eigenvalue weighted by atomic mass is 32.1. The molecule has 2 heterocycles. The Hall–Kier alpha value is -2.05. The van der Waals surface area contributed by atoms with Crippen molar-refractivity contribution >= 4 is 17.3 Å². The van der Waals surface area contributed by atoms with Crippen LogP contribution in [-0.4, -0.2) is 56.6 Å². The van der Waals surface area contributed by atoms with E-state index < -0.39 is 0 Å². The van der Waals surface area contributed by atoms with Crippen molar-refractivity contribution in [3.8, 4) is 5.75 Å². The molecule has 0 amide bonds. The van der Waals surface area contributed by atoms with Crippen LogP contribution in [0.3, 0.4) is 0 Å². The normalized spacial score (nSPS) is 14.8. The summed E-state index contributed by atoms with van der Waals surface area (Å²) in [6, 6.07) is 10.4. The zero-order valence-electron chi connectivity index (χ0n) is 15.9. The summed E-state index contributed by atoms with van der Waals surface area (Å²) in [7, 11) is 5.60. The van der Waals surface area contributed by atoms with E-state index in [0.717, 1.165) is 44.4 Å². The first kappa shape index (κ1) is 18.7. The topological polar surface area (TPSA) is 40.1 Å². The predicted molar refractivity (Wildman–Crippen MR) is 109 cm³/mol. The predicted octanol–water partition coefficient (Wildman–Crippen LogP) is 2.82. The molecule has 3 rings (SSSR count). The number of ether oxygens (including phenoxy) is 1. The molecule has 0 fully saturated rings. The van der Waals surface area contributed by atoms with Gasteiger partial charge in [0.15, 0.2) is 5.96 Å². The molecular weight excluding hydrogens is 344 g/mol. The Balaban J connectivity index is 1.45. The highest BCUT2D eigenvalue weighted by Gasteiger charge is 2.16. The summed E-state index contributed by atoms with van der Waals surface area (Å²) in [6.45, 7) is 4.96. The van der Waals surface area contributed by atoms with Gasteiger partial charge in [-0.25, -0.2) is 0 Å². The Kier molecular flexibility index (Phi) is 6.52. The van der Waals surface area contributed by atoms with E-state index in [9.17, 15) is 0 Å². The van der Waals surface area contributed by atoms with E-state index in [1.54, 1.807) is 12.0 Å². The highest BCUT2D eigenvalue weighted by Crippen LogP contribution is 2.23. The van der Waals surface area contributed by atoms with E-state index >= 15 is 0 Å². The van der Waals surface area contributed by atoms with Crippen LogP contribution in [0.2, 0.25) is 0 Å². The van der Waals surface area contributed by atoms with E-state index in [2.05, 4.69) is 50.7 Å². The molecule has 0 unspecified atom stereocenters. The zero-order valence-corrected chi connectivity index (χ0v) is 16.7. The number of fused-ring (bicyclic) bond motifs is 1. The molecule has 0 radical (unpaired) electrons. The van der Waals surface area contributed by atoms with Crippen LogP contribution >= 0.6 is 11.3 Å². The number of nitrogens with zero attached hydrogens (tertiary/aromatic N) is 3. The number of benzene rings is 1. The number of methoxy groups -OCH3 is 1. The molecule has 0 spiro atoms. The molecule has 0 saturated carbocycles. The van der Waals surface area contributed by atoms with Gasteiger partial charge in [0, 0.05) is 51.7 Å². The molecule has 1 aromatic carbocycles. The molecule has 1 aliphatic heterocycles. The number of nitrogens with one attached hydrogen (secondary N) is 1. The molecule has 1 aromatic heterocycles. The van der Waals surface area contributed by atoms with Gasteiger partial charge in [0.25, 0.3) is 0 Å². The lowest BCUT2D eigenvalue weighted by Crippen LogP contribution is -2.43. The molecule has 0 aliphatic carbocycles. The molecule has 140 valence electrons. The number of aliphatic imine (C=N–C) groups is 1. The van der Waals surface area contributed by atoms with Crippen LogP contribution in [0.1, 0.15) is 16.0 Å². The average Bonchev–Trinajstić information content (AvgIpc) is 3.13. The molecule has 0 saturated heterocycles. The summed E-state index contributed by atoms with van der Waals surface area (Å²) in [5.74, 6) is 1.81. The van der Waals surface area contributed by atoms with Crippen LogP contribution in [-0.2, 0) is 19.5 Å². The number of hydrogen-bond acceptors (Lipinski definition) is 4. The van der Waals surface area contributed by atoms with Crippen molar-refractivity contribution in [3.63, 3.8) is 0 Å². The number of hydrogen-bond donors (Lipinski definition) is 1. The third-order valence-corrected chi connectivity index (χ3v) is 5.77. The second-order valence-corrected chi connectivity index (χ2v) is 7.57. The second kappa shape index (κ2) is 9.05. The summed E-state index contributed by atoms with van der Waals surface area (Å²) in [5.41, 5.74) is 2.74. The first-order chi connectivity index (χ1) is 12.7. The lowest BCUT2D eigenvalue weighted by atomic mass is 10.1. The highest BCUT2D eigenvalue weighted by molar-refractivity contribution is 7.10. The van der Waals surface area contributed by atoms with E-state index in [1.807, 2.05) is 30.5 Å². The van der Waals surface area contributed by atoms with Gasteiger partial charge in [-0.1, -0.05) is 12.1 Å². The molecular formula is C20H28N4OS. The maximum absolute atomic E-state index is 5.22. The number of guanidine groups is 1. The fraction of sp³-hybridized carbons (Fsp3) is 0.450. The van der Waals surface area contributed by atoms with Gasteiger partial charge in [0.05, 0.1) is 7.11 Å². The van der Waals surface area contributed by atoms with Crippen LogP contribution in [0.15, 0.2) is 40.7 Å². The quantitative estimate of drug-likeness (QED) is 0.625. The Labute approximate surface area is 160 Å². The van der Waals surface area contributed by atoms with Crippen LogP contribution in [0.4, 0.5) is 0 Å². The van der Waals surface area contributed by atoms with Crippen molar-refractivity contribution in [1.82, 2.24) is 15.1 Å². The third kappa shape index (κ3) is 4.77. The first-order valence-electron chi connectivity index (χ1n) is 9.02. The molecule has 1 aliphatic rings. The monoisotopic (exact) mass is 372 g/mol. The Morgan fingerprint density at radius 2 is 2.12 bits per heavy atom. The van der Waals surface area contributed by atoms with Crippen molar-refractivity contribution < 1.29 is 4.74 Å². The maximum Gasteiger partial charge on any atom is 0.193 e. The first-order valence-corrected chi connectivity index (χ1v) is 9.90. The molecule has 26 heavy (non-hydrogen) atoms. The lowest BCUT2D eigenvalue weighted by molar-refractivity contribution is 0.259. The van der Waals surface area contributed by atoms with Gasteiger partial charge in [-0.2, -0.15) is 0 Å². The number of thiophene rings is 1. The fourth-order valence-corrected chi connectivity index (χ4v) is 4.18. The van der Waals surface area contributed by atoms with Gasteiger partial charge >= 0.3 is 0 Å². The van der Waals surface area contributed by atoms with Crippen molar-refractivity contribution in [1.29, 1.82) is 0 Å². The summed E-state index contributed by atoms with van der Waals surface area (Å²) in [6.07, 6.45) is 1.18. The molecule has 0 atom stereocenters. The average molecular weight is 373 g/mol. The molecule has 2 aromatic rings. The van der Waals surface area contributed by atoms with Crippen LogP contribution in [0, 0.1) is 0 Å². The van der Waals surface area contributed by atoms with Gasteiger partial charge in [0.2, 0.25) is 0 Å². The molecule has 0 bridgehead atoms. The fourth-order valence-electron chi connectivity index (χ4n) is 3.29. The summed E-state index contributed by atoms with van der Waals surface area (Å²) >= 11 is 1.89. The van der Waals surface area contributed by atoms with Crippen LogP contribution < -0.4 is 10.1 Å². The summed E-state index contributed by atoms with van der Waals surface area (Å²) in [4.78, 5) is 10.6. The van der Waals surface area contributed by atoms with Gasteiger partial charge in [-0.05, 0) is 41.1 Å². The maximum atomic E-state index is 5.22. The minimum absolute atomic E-state index is 0.811. The Morgan fingerprint density at radius 1 is 1.31 bits per heavy atom. The van der Waals surface area contributed by atoms with E-state index in [-0.39, 0.29) is 0 Å². The van der Waals surface area contributed by atoms with Crippen molar-refractivity contribution in [3.05, 3.63) is 51.7 Å². The Morgan fingerprint density at radius 3 is 2.85 bits per heavy atom. The zero-order chi connectivity index (χ0) is 18.4. The molecule has 1 N–H and O–H groups in total. The van der Waals surface area contributed by atoms with Gasteiger partial charge < -0.3 is 15.0 Å². The van der Waals surface area contributed by atoms with Gasteiger partial charge in [0.1, 0.15) is 5.75 Å². The lowest BCUT2D eigenvalue weighted by Gasteiger charge is -2.28. The number of rotatable bonds is 6. The van der Waals surface area contributed by atoms with Gasteiger partial charge in [-0.3, -0.25) is 9.89 Å². The van der Waals surface area contributed by atoms with E-state index in [4.69, 9.17) is 4.74 Å². The minimum Gasteiger partial charge on any atom is -0.497 e. The summed E-state index contributed by atoms with van der Waals surface area (Å²) < 4.78 is 5.22. The SMILES string of the molecule is CN=C(NCCN1CCc2sccc2C1)N(C)Cc1ccc(OC)cc1.